The monoisotopic (exact) mass is 597 g/mol. The minimum absolute atomic E-state index is 0.0218. The summed E-state index contributed by atoms with van der Waals surface area (Å²) in [5.41, 5.74) is 4.00. The number of hydrogen-bond donors (Lipinski definition) is 0. The van der Waals surface area contributed by atoms with Crippen LogP contribution in [-0.2, 0) is 21.2 Å². The normalized spacial score (nSPS) is 13.0. The molecule has 4 aromatic carbocycles. The summed E-state index contributed by atoms with van der Waals surface area (Å²) in [5.74, 6) is -1.32. The molecule has 0 saturated carbocycles. The van der Waals surface area contributed by atoms with Crippen LogP contribution in [-0.4, -0.2) is 11.9 Å². The minimum Gasteiger partial charge on any atom is -0.423 e. The Hall–Kier alpha value is -5.11. The highest BCUT2D eigenvalue weighted by Gasteiger charge is 2.36. The number of hydrogen-bond acceptors (Lipinski definition) is 5. The summed E-state index contributed by atoms with van der Waals surface area (Å²) in [6, 6.07) is 22.8. The van der Waals surface area contributed by atoms with E-state index in [2.05, 4.69) is 33.1 Å². The highest BCUT2D eigenvalue weighted by Crippen LogP contribution is 2.51. The summed E-state index contributed by atoms with van der Waals surface area (Å²) >= 11 is 0. The topological polar surface area (TPSA) is 55.8 Å². The van der Waals surface area contributed by atoms with Crippen LogP contribution in [0.5, 0.6) is 11.5 Å². The molecule has 0 aromatic heterocycles. The van der Waals surface area contributed by atoms with Gasteiger partial charge in [0, 0.05) is 34.0 Å². The van der Waals surface area contributed by atoms with Crippen molar-refractivity contribution in [3.63, 3.8) is 0 Å². The van der Waals surface area contributed by atoms with Gasteiger partial charge in [0.15, 0.2) is 5.75 Å². The van der Waals surface area contributed by atoms with Gasteiger partial charge in [-0.05, 0) is 78.6 Å². The molecule has 0 saturated heterocycles. The smallest absolute Gasteiger partial charge is 0.416 e. The fourth-order valence-corrected chi connectivity index (χ4v) is 5.28. The number of anilines is 3. The molecule has 5 nitrogen and oxygen atoms in total. The van der Waals surface area contributed by atoms with E-state index >= 15 is 0 Å². The van der Waals surface area contributed by atoms with Gasteiger partial charge in [0.1, 0.15) is 5.75 Å². The van der Waals surface area contributed by atoms with Crippen LogP contribution >= 0.6 is 0 Å². The Bertz CT molecular complexity index is 1840. The minimum atomic E-state index is -4.61. The lowest BCUT2D eigenvalue weighted by atomic mass is 9.82. The van der Waals surface area contributed by atoms with Crippen LogP contribution in [0.1, 0.15) is 44.4 Å². The Labute approximate surface area is 253 Å². The van der Waals surface area contributed by atoms with Crippen molar-refractivity contribution in [3.05, 3.63) is 126 Å². The molecule has 5 rings (SSSR count). The zero-order chi connectivity index (χ0) is 32.0. The molecule has 44 heavy (non-hydrogen) atoms. The first-order chi connectivity index (χ1) is 20.7. The van der Waals surface area contributed by atoms with Crippen LogP contribution in [0.2, 0.25) is 0 Å². The molecule has 0 aliphatic heterocycles. The number of alkyl halides is 3. The highest BCUT2D eigenvalue weighted by atomic mass is 19.4. The van der Waals surface area contributed by atoms with Crippen molar-refractivity contribution in [2.45, 2.75) is 39.3 Å². The summed E-state index contributed by atoms with van der Waals surface area (Å²) < 4.78 is 52.9. The number of fused-ring (bicyclic) bond motifs is 3. The van der Waals surface area contributed by atoms with Gasteiger partial charge in [-0.15, -0.1) is 0 Å². The van der Waals surface area contributed by atoms with Gasteiger partial charge in [-0.2, -0.15) is 13.2 Å². The lowest BCUT2D eigenvalue weighted by Crippen LogP contribution is -2.18. The molecular weight excluding hydrogens is 567 g/mol. The van der Waals surface area contributed by atoms with Gasteiger partial charge in [0.25, 0.3) is 0 Å². The second-order valence-electron chi connectivity index (χ2n) is 11.3. The van der Waals surface area contributed by atoms with E-state index in [-0.39, 0.29) is 34.0 Å². The largest absolute Gasteiger partial charge is 0.423 e. The Balaban J connectivity index is 1.77. The van der Waals surface area contributed by atoms with E-state index in [4.69, 9.17) is 9.47 Å². The van der Waals surface area contributed by atoms with Crippen molar-refractivity contribution in [2.24, 2.45) is 0 Å². The number of carbonyl (C=O) groups excluding carboxylic acids is 2. The van der Waals surface area contributed by atoms with E-state index in [1.165, 1.54) is 44.2 Å². The predicted octanol–water partition coefficient (Wildman–Crippen LogP) is 9.44. The molecule has 1 aliphatic carbocycles. The van der Waals surface area contributed by atoms with Gasteiger partial charge < -0.3 is 14.4 Å². The molecule has 224 valence electrons. The van der Waals surface area contributed by atoms with E-state index < -0.39 is 29.1 Å². The summed E-state index contributed by atoms with van der Waals surface area (Å²) in [4.78, 5) is 26.6. The fraction of sp³-hybridized carbons (Fsp3) is 0.167. The maximum Gasteiger partial charge on any atom is 0.416 e. The number of benzene rings is 4. The summed E-state index contributed by atoms with van der Waals surface area (Å²) in [6.07, 6.45) is -4.61. The molecular formula is C36H30F3NO4. The van der Waals surface area contributed by atoms with E-state index in [9.17, 15) is 22.8 Å². The Morgan fingerprint density at radius 2 is 1.36 bits per heavy atom. The molecule has 0 heterocycles. The van der Waals surface area contributed by atoms with Crippen LogP contribution in [0.25, 0.3) is 11.1 Å². The van der Waals surface area contributed by atoms with Crippen LogP contribution in [0.15, 0.2) is 109 Å². The number of rotatable bonds is 7. The zero-order valence-electron chi connectivity index (χ0n) is 24.7. The number of esters is 2. The molecule has 0 bridgehead atoms. The van der Waals surface area contributed by atoms with Crippen molar-refractivity contribution < 1.29 is 32.2 Å². The maximum atomic E-state index is 13.9. The summed E-state index contributed by atoms with van der Waals surface area (Å²) in [5, 5.41) is 0. The molecule has 4 aromatic rings. The van der Waals surface area contributed by atoms with Gasteiger partial charge in [0.05, 0.1) is 11.3 Å². The molecule has 0 spiro atoms. The quantitative estimate of drug-likeness (QED) is 0.121. The van der Waals surface area contributed by atoms with Crippen LogP contribution in [0.3, 0.4) is 0 Å². The summed E-state index contributed by atoms with van der Waals surface area (Å²) in [7, 11) is 0. The Morgan fingerprint density at radius 3 is 2.05 bits per heavy atom. The van der Waals surface area contributed by atoms with Crippen LogP contribution in [0.4, 0.5) is 30.2 Å². The van der Waals surface area contributed by atoms with E-state index in [1.807, 2.05) is 30.3 Å². The fourth-order valence-electron chi connectivity index (χ4n) is 5.28. The molecule has 8 heteroatoms. The third-order valence-electron chi connectivity index (χ3n) is 7.54. The van der Waals surface area contributed by atoms with Gasteiger partial charge in [-0.25, -0.2) is 9.59 Å². The van der Waals surface area contributed by atoms with Crippen molar-refractivity contribution >= 4 is 29.0 Å². The first-order valence-corrected chi connectivity index (χ1v) is 13.8. The lowest BCUT2D eigenvalue weighted by molar-refractivity contribution is -0.137. The van der Waals surface area contributed by atoms with Crippen molar-refractivity contribution in [2.75, 3.05) is 4.90 Å². The average Bonchev–Trinajstić information content (AvgIpc) is 3.20. The standard InChI is InChI=1S/C36H30F3NO4/c1-21(2)33(41)43-26-15-17-32(44-34(42)22(3)4)31(20-26)40(24-11-9-10-23(18-24)36(37,38)39)25-14-16-28-27-12-7-8-13-29(27)35(5,6)30(28)19-25/h7-20H,1,3H2,2,4-6H3. The molecule has 0 amide bonds. The molecule has 0 radical (unpaired) electrons. The number of halogens is 3. The first-order valence-electron chi connectivity index (χ1n) is 13.8. The number of nitrogens with zero attached hydrogens (tertiary/aromatic N) is 1. The second kappa shape index (κ2) is 11.2. The molecule has 1 aliphatic rings. The van der Waals surface area contributed by atoms with Crippen molar-refractivity contribution in [1.29, 1.82) is 0 Å². The first kappa shape index (κ1) is 30.4. The highest BCUT2D eigenvalue weighted by molar-refractivity contribution is 5.93. The third-order valence-corrected chi connectivity index (χ3v) is 7.54. The van der Waals surface area contributed by atoms with Gasteiger partial charge in [0.2, 0.25) is 0 Å². The van der Waals surface area contributed by atoms with Gasteiger partial charge in [-0.1, -0.05) is 63.4 Å². The average molecular weight is 598 g/mol. The molecule has 0 N–H and O–H groups in total. The number of ether oxygens (including phenoxy) is 2. The van der Waals surface area contributed by atoms with Crippen molar-refractivity contribution in [3.8, 4) is 22.6 Å². The molecule has 0 unspecified atom stereocenters. The Morgan fingerprint density at radius 1 is 0.727 bits per heavy atom. The third kappa shape index (κ3) is 5.63. The van der Waals surface area contributed by atoms with E-state index in [0.29, 0.717) is 5.69 Å². The maximum absolute atomic E-state index is 13.9. The van der Waals surface area contributed by atoms with Crippen molar-refractivity contribution in [1.82, 2.24) is 0 Å². The predicted molar refractivity (Wildman–Crippen MR) is 165 cm³/mol. The summed E-state index contributed by atoms with van der Waals surface area (Å²) in [6.45, 7) is 14.4. The molecule has 0 atom stereocenters. The zero-order valence-corrected chi connectivity index (χ0v) is 24.7. The lowest BCUT2D eigenvalue weighted by Gasteiger charge is -2.30. The SMILES string of the molecule is C=C(C)C(=O)Oc1ccc(OC(=O)C(=C)C)c(N(c2cccc(C(F)(F)F)c2)c2ccc3c(c2)C(C)(C)c2ccccc2-3)c1. The number of carbonyl (C=O) groups is 2. The van der Waals surface area contributed by atoms with E-state index in [0.717, 1.165) is 34.4 Å². The van der Waals surface area contributed by atoms with E-state index in [1.54, 1.807) is 11.0 Å². The van der Waals surface area contributed by atoms with Gasteiger partial charge >= 0.3 is 18.1 Å². The van der Waals surface area contributed by atoms with Crippen LogP contribution in [0, 0.1) is 0 Å². The Kier molecular flexibility index (Phi) is 7.72. The van der Waals surface area contributed by atoms with Gasteiger partial charge in [-0.3, -0.25) is 0 Å². The molecule has 0 fully saturated rings. The van der Waals surface area contributed by atoms with Crippen LogP contribution < -0.4 is 14.4 Å². The second-order valence-corrected chi connectivity index (χ2v) is 11.3.